The summed E-state index contributed by atoms with van der Waals surface area (Å²) in [4.78, 5) is 21.6. The van der Waals surface area contributed by atoms with Crippen LogP contribution in [0.4, 0.5) is 19.5 Å². The van der Waals surface area contributed by atoms with Crippen LogP contribution in [0.3, 0.4) is 0 Å². The van der Waals surface area contributed by atoms with E-state index in [1.807, 2.05) is 31.2 Å². The number of hydrogen-bond donors (Lipinski definition) is 2. The van der Waals surface area contributed by atoms with E-state index in [9.17, 15) is 13.6 Å². The molecule has 0 radical (unpaired) electrons. The zero-order valence-electron chi connectivity index (χ0n) is 14.9. The summed E-state index contributed by atoms with van der Waals surface area (Å²) >= 11 is 0. The number of anilines is 1. The summed E-state index contributed by atoms with van der Waals surface area (Å²) in [6.07, 6.45) is -0.873. The normalized spacial score (nSPS) is 16.2. The summed E-state index contributed by atoms with van der Waals surface area (Å²) in [6.45, 7) is 5.03. The van der Waals surface area contributed by atoms with Crippen molar-refractivity contribution in [3.8, 4) is 0 Å². The van der Waals surface area contributed by atoms with Crippen molar-refractivity contribution in [2.24, 2.45) is 0 Å². The minimum Gasteiger partial charge on any atom is -0.465 e. The fourth-order valence-corrected chi connectivity index (χ4v) is 3.00. The van der Waals surface area contributed by atoms with Gasteiger partial charge in [0.2, 0.25) is 17.8 Å². The molecule has 27 heavy (non-hydrogen) atoms. The monoisotopic (exact) mass is 377 g/mol. The van der Waals surface area contributed by atoms with Gasteiger partial charge in [-0.1, -0.05) is 24.3 Å². The van der Waals surface area contributed by atoms with Crippen molar-refractivity contribution in [1.82, 2.24) is 19.8 Å². The zero-order valence-corrected chi connectivity index (χ0v) is 14.9. The van der Waals surface area contributed by atoms with Gasteiger partial charge in [0, 0.05) is 38.8 Å². The highest BCUT2D eigenvalue weighted by Gasteiger charge is 2.20. The van der Waals surface area contributed by atoms with Crippen molar-refractivity contribution in [2.45, 2.75) is 19.5 Å². The van der Waals surface area contributed by atoms with E-state index in [0.29, 0.717) is 32.2 Å². The molecule has 0 saturated carbocycles. The summed E-state index contributed by atoms with van der Waals surface area (Å²) in [5.74, 6) is -1.94. The van der Waals surface area contributed by atoms with Gasteiger partial charge in [0.15, 0.2) is 0 Å². The smallest absolute Gasteiger partial charge is 0.407 e. The quantitative estimate of drug-likeness (QED) is 0.780. The Hall–Kier alpha value is -2.81. The number of nitrogens with zero attached hydrogens (tertiary/aromatic N) is 4. The SMILES string of the molecule is CC(Nc1nc(F)cc(F)n1)c1ccc(CN2CCN(C(=O)O)CC2)cc1. The maximum absolute atomic E-state index is 13.2. The van der Waals surface area contributed by atoms with Crippen LogP contribution in [0.15, 0.2) is 30.3 Å². The molecule has 0 bridgehead atoms. The first-order valence-electron chi connectivity index (χ1n) is 8.66. The fourth-order valence-electron chi connectivity index (χ4n) is 3.00. The highest BCUT2D eigenvalue weighted by Crippen LogP contribution is 2.19. The maximum Gasteiger partial charge on any atom is 0.407 e. The van der Waals surface area contributed by atoms with Gasteiger partial charge in [0.1, 0.15) is 0 Å². The average Bonchev–Trinajstić information content (AvgIpc) is 2.62. The first-order valence-corrected chi connectivity index (χ1v) is 8.66. The first-order chi connectivity index (χ1) is 12.9. The van der Waals surface area contributed by atoms with E-state index in [1.54, 1.807) is 0 Å². The lowest BCUT2D eigenvalue weighted by atomic mass is 10.1. The Morgan fingerprint density at radius 3 is 2.30 bits per heavy atom. The van der Waals surface area contributed by atoms with Crippen LogP contribution in [0, 0.1) is 11.9 Å². The number of piperazine rings is 1. The molecule has 2 aromatic rings. The molecule has 1 aromatic carbocycles. The highest BCUT2D eigenvalue weighted by atomic mass is 19.1. The number of benzene rings is 1. The Morgan fingerprint density at radius 2 is 1.74 bits per heavy atom. The molecule has 1 aromatic heterocycles. The largest absolute Gasteiger partial charge is 0.465 e. The van der Waals surface area contributed by atoms with Crippen molar-refractivity contribution in [3.05, 3.63) is 53.4 Å². The van der Waals surface area contributed by atoms with Crippen molar-refractivity contribution in [2.75, 3.05) is 31.5 Å². The Bertz CT molecular complexity index is 775. The summed E-state index contributed by atoms with van der Waals surface area (Å²) < 4.78 is 26.3. The molecule has 2 N–H and O–H groups in total. The lowest BCUT2D eigenvalue weighted by Crippen LogP contribution is -2.47. The average molecular weight is 377 g/mol. The van der Waals surface area contributed by atoms with E-state index in [0.717, 1.165) is 17.7 Å². The molecule has 144 valence electrons. The van der Waals surface area contributed by atoms with E-state index in [2.05, 4.69) is 20.2 Å². The Balaban J connectivity index is 1.56. The van der Waals surface area contributed by atoms with Gasteiger partial charge in [-0.25, -0.2) is 4.79 Å². The third-order valence-corrected chi connectivity index (χ3v) is 4.54. The second-order valence-electron chi connectivity index (χ2n) is 6.49. The summed E-state index contributed by atoms with van der Waals surface area (Å²) in [6, 6.07) is 8.26. The van der Waals surface area contributed by atoms with Crippen LogP contribution in [0.25, 0.3) is 0 Å². The molecular formula is C18H21F2N5O2. The number of carbonyl (C=O) groups is 1. The molecular weight excluding hydrogens is 356 g/mol. The Kier molecular flexibility index (Phi) is 5.80. The number of aromatic nitrogens is 2. The Labute approximate surface area is 155 Å². The molecule has 1 amide bonds. The van der Waals surface area contributed by atoms with Gasteiger partial charge < -0.3 is 15.3 Å². The van der Waals surface area contributed by atoms with Crippen molar-refractivity contribution < 1.29 is 18.7 Å². The topological polar surface area (TPSA) is 81.6 Å². The zero-order chi connectivity index (χ0) is 19.4. The minimum atomic E-state index is -0.921. The maximum atomic E-state index is 13.2. The molecule has 7 nitrogen and oxygen atoms in total. The summed E-state index contributed by atoms with van der Waals surface area (Å²) in [5.41, 5.74) is 2.05. The minimum absolute atomic E-state index is 0.0969. The van der Waals surface area contributed by atoms with Crippen LogP contribution in [0.5, 0.6) is 0 Å². The van der Waals surface area contributed by atoms with Gasteiger partial charge in [-0.15, -0.1) is 0 Å². The van der Waals surface area contributed by atoms with Crippen molar-refractivity contribution >= 4 is 12.0 Å². The van der Waals surface area contributed by atoms with E-state index in [1.165, 1.54) is 4.90 Å². The lowest BCUT2D eigenvalue weighted by molar-refractivity contribution is 0.103. The van der Waals surface area contributed by atoms with Gasteiger partial charge in [-0.2, -0.15) is 18.7 Å². The van der Waals surface area contributed by atoms with E-state index >= 15 is 0 Å². The molecule has 9 heteroatoms. The van der Waals surface area contributed by atoms with E-state index in [4.69, 9.17) is 5.11 Å². The molecule has 1 atom stereocenters. The molecule has 0 aliphatic carbocycles. The molecule has 1 aliphatic rings. The van der Waals surface area contributed by atoms with Crippen LogP contribution in [-0.4, -0.2) is 57.1 Å². The molecule has 1 unspecified atom stereocenters. The van der Waals surface area contributed by atoms with Gasteiger partial charge >= 0.3 is 6.09 Å². The number of hydrogen-bond acceptors (Lipinski definition) is 5. The van der Waals surface area contributed by atoms with Crippen LogP contribution >= 0.6 is 0 Å². The number of rotatable bonds is 5. The highest BCUT2D eigenvalue weighted by molar-refractivity contribution is 5.65. The van der Waals surface area contributed by atoms with Crippen LogP contribution in [0.2, 0.25) is 0 Å². The number of amides is 1. The van der Waals surface area contributed by atoms with E-state index < -0.39 is 18.0 Å². The van der Waals surface area contributed by atoms with Crippen LogP contribution in [0.1, 0.15) is 24.1 Å². The molecule has 1 fully saturated rings. The van der Waals surface area contributed by atoms with Gasteiger partial charge in [-0.05, 0) is 18.1 Å². The third-order valence-electron chi connectivity index (χ3n) is 4.54. The van der Waals surface area contributed by atoms with E-state index in [-0.39, 0.29) is 12.0 Å². The summed E-state index contributed by atoms with van der Waals surface area (Å²) in [5, 5.41) is 11.9. The number of carboxylic acid groups (broad SMARTS) is 1. The predicted octanol–water partition coefficient (Wildman–Crippen LogP) is 2.72. The van der Waals surface area contributed by atoms with Gasteiger partial charge in [0.25, 0.3) is 0 Å². The van der Waals surface area contributed by atoms with Gasteiger partial charge in [0.05, 0.1) is 6.04 Å². The molecule has 2 heterocycles. The lowest BCUT2D eigenvalue weighted by Gasteiger charge is -2.33. The first kappa shape index (κ1) is 19.0. The second kappa shape index (κ2) is 8.26. The van der Waals surface area contributed by atoms with Gasteiger partial charge in [-0.3, -0.25) is 4.90 Å². The van der Waals surface area contributed by atoms with Crippen molar-refractivity contribution in [3.63, 3.8) is 0 Å². The number of nitrogens with one attached hydrogen (secondary N) is 1. The van der Waals surface area contributed by atoms with Crippen LogP contribution in [-0.2, 0) is 6.54 Å². The Morgan fingerprint density at radius 1 is 1.15 bits per heavy atom. The predicted molar refractivity (Wildman–Crippen MR) is 95.3 cm³/mol. The van der Waals surface area contributed by atoms with Crippen LogP contribution < -0.4 is 5.32 Å². The number of halogens is 2. The second-order valence-corrected chi connectivity index (χ2v) is 6.49. The van der Waals surface area contributed by atoms with Crippen molar-refractivity contribution in [1.29, 1.82) is 0 Å². The molecule has 3 rings (SSSR count). The standard InChI is InChI=1S/C18H21F2N5O2/c1-12(21-17-22-15(19)10-16(20)23-17)14-4-2-13(3-5-14)11-24-6-8-25(9-7-24)18(26)27/h2-5,10,12H,6-9,11H2,1H3,(H,26,27)(H,21,22,23). The third kappa shape index (κ3) is 5.10. The molecule has 1 saturated heterocycles. The molecule has 1 aliphatic heterocycles. The molecule has 0 spiro atoms. The fraction of sp³-hybridized carbons (Fsp3) is 0.389. The summed E-state index contributed by atoms with van der Waals surface area (Å²) in [7, 11) is 0.